The number of benzene rings is 2. The maximum absolute atomic E-state index is 14.4. The molecule has 6 nitrogen and oxygen atoms in total. The number of hydrogen-bond acceptors (Lipinski definition) is 4. The van der Waals surface area contributed by atoms with Crippen molar-refractivity contribution in [2.24, 2.45) is 0 Å². The van der Waals surface area contributed by atoms with Crippen molar-refractivity contribution in [2.45, 2.75) is 38.3 Å². The van der Waals surface area contributed by atoms with Gasteiger partial charge in [-0.15, -0.1) is 0 Å². The Balaban J connectivity index is 2.41. The second-order valence-corrected chi connectivity index (χ2v) is 8.31. The van der Waals surface area contributed by atoms with Crippen LogP contribution in [0.4, 0.5) is 15.8 Å². The lowest BCUT2D eigenvalue weighted by molar-refractivity contribution is -0.114. The number of methoxy groups -OCH3 is 1. The van der Waals surface area contributed by atoms with Gasteiger partial charge in [0.05, 0.1) is 7.11 Å². The highest BCUT2D eigenvalue weighted by molar-refractivity contribution is 7.92. The molecule has 0 unspecified atom stereocenters. The van der Waals surface area contributed by atoms with Crippen LogP contribution in [0.5, 0.6) is 5.75 Å². The molecule has 8 heteroatoms. The van der Waals surface area contributed by atoms with E-state index >= 15 is 0 Å². The second kappa shape index (κ2) is 7.56. The number of ether oxygens (including phenoxy) is 1. The molecule has 0 spiro atoms. The minimum absolute atomic E-state index is 0.0758. The number of halogens is 1. The van der Waals surface area contributed by atoms with Gasteiger partial charge < -0.3 is 10.1 Å². The van der Waals surface area contributed by atoms with Gasteiger partial charge >= 0.3 is 0 Å². The molecule has 0 aliphatic carbocycles. The van der Waals surface area contributed by atoms with Gasteiger partial charge in [-0.25, -0.2) is 12.8 Å². The zero-order valence-electron chi connectivity index (χ0n) is 15.9. The molecule has 0 saturated heterocycles. The van der Waals surface area contributed by atoms with Crippen LogP contribution in [0.25, 0.3) is 0 Å². The van der Waals surface area contributed by atoms with Crippen LogP contribution < -0.4 is 14.8 Å². The third kappa shape index (κ3) is 4.97. The summed E-state index contributed by atoms with van der Waals surface area (Å²) in [5, 5.41) is 2.56. The Hall–Kier alpha value is -2.61. The number of rotatable bonds is 6. The molecule has 0 aromatic heterocycles. The van der Waals surface area contributed by atoms with Crippen molar-refractivity contribution >= 4 is 27.3 Å². The summed E-state index contributed by atoms with van der Waals surface area (Å²) < 4.78 is 47.5. The lowest BCUT2D eigenvalue weighted by Crippen LogP contribution is -2.16. The lowest BCUT2D eigenvalue weighted by Gasteiger charge is -2.19. The first-order chi connectivity index (χ1) is 12.4. The van der Waals surface area contributed by atoms with Gasteiger partial charge in [0.15, 0.2) is 0 Å². The summed E-state index contributed by atoms with van der Waals surface area (Å²) in [5.74, 6) is -0.210. The van der Waals surface area contributed by atoms with Crippen molar-refractivity contribution in [3.8, 4) is 5.75 Å². The predicted octanol–water partition coefficient (Wildman–Crippen LogP) is 3.97. The Labute approximate surface area is 158 Å². The first-order valence-corrected chi connectivity index (χ1v) is 9.71. The molecule has 0 radical (unpaired) electrons. The average Bonchev–Trinajstić information content (AvgIpc) is 2.54. The van der Waals surface area contributed by atoms with Crippen LogP contribution in [0.1, 0.15) is 31.9 Å². The van der Waals surface area contributed by atoms with Gasteiger partial charge in [-0.3, -0.25) is 9.52 Å². The lowest BCUT2D eigenvalue weighted by atomic mass is 9.95. The van der Waals surface area contributed by atoms with E-state index in [1.165, 1.54) is 52.1 Å². The number of carbonyl (C=O) groups is 1. The van der Waals surface area contributed by atoms with Gasteiger partial charge in [0, 0.05) is 24.4 Å². The number of amides is 1. The summed E-state index contributed by atoms with van der Waals surface area (Å²) in [7, 11) is -2.65. The Kier molecular flexibility index (Phi) is 5.79. The van der Waals surface area contributed by atoms with Crippen LogP contribution in [-0.2, 0) is 20.5 Å². The fourth-order valence-corrected chi connectivity index (χ4v) is 3.91. The van der Waals surface area contributed by atoms with Crippen LogP contribution >= 0.6 is 0 Å². The fraction of sp³-hybridized carbons (Fsp3) is 0.316. The minimum atomic E-state index is -3.99. The van der Waals surface area contributed by atoms with E-state index in [4.69, 9.17) is 4.74 Å². The SMILES string of the molecule is COc1cc(NC(C)=O)ccc1S(=O)(=O)Nc1ccc(C)c(C(C)(C)F)c1. The number of sulfonamides is 1. The van der Waals surface area contributed by atoms with Gasteiger partial charge in [0.1, 0.15) is 16.3 Å². The van der Waals surface area contributed by atoms with E-state index in [1.807, 2.05) is 0 Å². The van der Waals surface area contributed by atoms with E-state index in [0.29, 0.717) is 11.3 Å². The number of aryl methyl sites for hydroxylation is 1. The predicted molar refractivity (Wildman–Crippen MR) is 103 cm³/mol. The fourth-order valence-electron chi connectivity index (χ4n) is 2.71. The molecule has 0 saturated carbocycles. The molecule has 0 bridgehead atoms. The molecule has 0 aliphatic rings. The van der Waals surface area contributed by atoms with E-state index in [-0.39, 0.29) is 22.2 Å². The molecule has 0 heterocycles. The van der Waals surface area contributed by atoms with Gasteiger partial charge in [-0.05, 0) is 56.2 Å². The second-order valence-electron chi connectivity index (χ2n) is 6.65. The first-order valence-electron chi connectivity index (χ1n) is 8.22. The zero-order valence-corrected chi connectivity index (χ0v) is 16.7. The highest BCUT2D eigenvalue weighted by Crippen LogP contribution is 2.32. The Morgan fingerprint density at radius 2 is 1.74 bits per heavy atom. The monoisotopic (exact) mass is 394 g/mol. The van der Waals surface area contributed by atoms with Crippen LogP contribution in [0.2, 0.25) is 0 Å². The Morgan fingerprint density at radius 3 is 2.30 bits per heavy atom. The number of anilines is 2. The molecule has 2 rings (SSSR count). The molecule has 1 amide bonds. The quantitative estimate of drug-likeness (QED) is 0.776. The number of hydrogen-bond donors (Lipinski definition) is 2. The molecular formula is C19H23FN2O4S. The summed E-state index contributed by atoms with van der Waals surface area (Å²) in [6.07, 6.45) is 0. The molecule has 2 aromatic carbocycles. The minimum Gasteiger partial charge on any atom is -0.495 e. The van der Waals surface area contributed by atoms with Crippen molar-refractivity contribution in [2.75, 3.05) is 17.1 Å². The summed E-state index contributed by atoms with van der Waals surface area (Å²) in [4.78, 5) is 11.1. The maximum atomic E-state index is 14.4. The molecule has 0 aliphatic heterocycles. The number of carbonyl (C=O) groups excluding carboxylic acids is 1. The summed E-state index contributed by atoms with van der Waals surface area (Å²) >= 11 is 0. The highest BCUT2D eigenvalue weighted by Gasteiger charge is 2.24. The molecule has 2 aromatic rings. The van der Waals surface area contributed by atoms with Gasteiger partial charge in [0.25, 0.3) is 10.0 Å². The van der Waals surface area contributed by atoms with E-state index in [2.05, 4.69) is 10.0 Å². The Morgan fingerprint density at radius 1 is 1.11 bits per heavy atom. The average molecular weight is 394 g/mol. The van der Waals surface area contributed by atoms with Crippen molar-refractivity contribution < 1.29 is 22.3 Å². The van der Waals surface area contributed by atoms with E-state index in [9.17, 15) is 17.6 Å². The normalized spacial score (nSPS) is 11.8. The van der Waals surface area contributed by atoms with Crippen LogP contribution in [0.15, 0.2) is 41.3 Å². The number of nitrogens with one attached hydrogen (secondary N) is 2. The molecule has 27 heavy (non-hydrogen) atoms. The standard InChI is InChI=1S/C19H23FN2O4S/c1-12-6-7-15(10-16(12)19(3,4)20)22-27(24,25)18-9-8-14(21-13(2)23)11-17(18)26-5/h6-11,22H,1-5H3,(H,21,23). The van der Waals surface area contributed by atoms with Gasteiger partial charge in [-0.1, -0.05) is 6.07 Å². The molecule has 0 atom stereocenters. The molecular weight excluding hydrogens is 371 g/mol. The summed E-state index contributed by atoms with van der Waals surface area (Å²) in [6, 6.07) is 8.92. The first kappa shape index (κ1) is 20.7. The molecule has 146 valence electrons. The van der Waals surface area contributed by atoms with E-state index in [1.54, 1.807) is 19.1 Å². The van der Waals surface area contributed by atoms with E-state index < -0.39 is 15.7 Å². The molecule has 2 N–H and O–H groups in total. The van der Waals surface area contributed by atoms with Crippen molar-refractivity contribution in [1.82, 2.24) is 0 Å². The smallest absolute Gasteiger partial charge is 0.265 e. The van der Waals surface area contributed by atoms with Crippen molar-refractivity contribution in [1.29, 1.82) is 0 Å². The maximum Gasteiger partial charge on any atom is 0.265 e. The van der Waals surface area contributed by atoms with Gasteiger partial charge in [-0.2, -0.15) is 0 Å². The third-order valence-corrected chi connectivity index (χ3v) is 5.32. The van der Waals surface area contributed by atoms with Gasteiger partial charge in [0.2, 0.25) is 5.91 Å². The topological polar surface area (TPSA) is 84.5 Å². The van der Waals surface area contributed by atoms with Crippen LogP contribution in [0, 0.1) is 6.92 Å². The number of alkyl halides is 1. The van der Waals surface area contributed by atoms with E-state index in [0.717, 1.165) is 5.56 Å². The molecule has 0 fully saturated rings. The van der Waals surface area contributed by atoms with Crippen molar-refractivity contribution in [3.05, 3.63) is 47.5 Å². The van der Waals surface area contributed by atoms with Crippen LogP contribution in [0.3, 0.4) is 0 Å². The van der Waals surface area contributed by atoms with Crippen LogP contribution in [-0.4, -0.2) is 21.4 Å². The zero-order chi connectivity index (χ0) is 20.4. The Bertz CT molecular complexity index is 966. The van der Waals surface area contributed by atoms with Crippen molar-refractivity contribution in [3.63, 3.8) is 0 Å². The highest BCUT2D eigenvalue weighted by atomic mass is 32.2. The largest absolute Gasteiger partial charge is 0.495 e. The summed E-state index contributed by atoms with van der Waals surface area (Å²) in [5.41, 5.74) is 0.172. The third-order valence-electron chi connectivity index (χ3n) is 3.90. The summed E-state index contributed by atoms with van der Waals surface area (Å²) in [6.45, 7) is 5.94.